The number of nitrogens with zero attached hydrogens (tertiary/aromatic N) is 4. The van der Waals surface area contributed by atoms with E-state index in [1.807, 2.05) is 45.0 Å². The van der Waals surface area contributed by atoms with Gasteiger partial charge in [0.25, 0.3) is 5.91 Å². The van der Waals surface area contributed by atoms with E-state index in [0.29, 0.717) is 37.6 Å². The summed E-state index contributed by atoms with van der Waals surface area (Å²) in [6, 6.07) is 13.1. The number of rotatable bonds is 4. The van der Waals surface area contributed by atoms with Gasteiger partial charge in [-0.25, -0.2) is 9.97 Å². The molecule has 2 N–H and O–H groups in total. The number of anilines is 1. The highest BCUT2D eigenvalue weighted by Crippen LogP contribution is 2.32. The van der Waals surface area contributed by atoms with Gasteiger partial charge in [-0.3, -0.25) is 4.79 Å². The van der Waals surface area contributed by atoms with Gasteiger partial charge in [-0.2, -0.15) is 0 Å². The highest BCUT2D eigenvalue weighted by atomic mass is 16.3. The number of amides is 1. The van der Waals surface area contributed by atoms with Crippen molar-refractivity contribution in [1.82, 2.24) is 14.9 Å². The number of aliphatic hydroxyl groups excluding tert-OH is 1. The number of carbonyl (C=O) groups excluding carboxylic acids is 1. The minimum atomic E-state index is -0.970. The fraction of sp³-hybridized carbons (Fsp3) is 0.375. The van der Waals surface area contributed by atoms with Gasteiger partial charge in [0, 0.05) is 33.0 Å². The van der Waals surface area contributed by atoms with Crippen molar-refractivity contribution < 1.29 is 16.4 Å². The molecule has 0 saturated carbocycles. The van der Waals surface area contributed by atoms with Gasteiger partial charge in [-0.15, -0.1) is 0 Å². The van der Waals surface area contributed by atoms with Gasteiger partial charge in [-0.1, -0.05) is 32.0 Å². The summed E-state index contributed by atoms with van der Waals surface area (Å²) in [7, 11) is 0. The van der Waals surface area contributed by atoms with E-state index in [4.69, 9.17) is 9.97 Å². The van der Waals surface area contributed by atoms with Crippen LogP contribution >= 0.6 is 0 Å². The number of piperazine rings is 1. The van der Waals surface area contributed by atoms with Crippen LogP contribution in [0.25, 0.3) is 22.3 Å². The summed E-state index contributed by atoms with van der Waals surface area (Å²) in [5, 5.41) is 21.4. The SMILES string of the molecule is Cc1ccc2c(N3CCN(C(=O)C(O)C(C)C)CC3)nc(-c3ccccc3O)nc2c1.[HH]. The van der Waals surface area contributed by atoms with Crippen LogP contribution in [0.4, 0.5) is 5.82 Å². The molecule has 1 amide bonds. The molecule has 1 aliphatic heterocycles. The predicted octanol–water partition coefficient (Wildman–Crippen LogP) is 3.22. The van der Waals surface area contributed by atoms with E-state index in [-0.39, 0.29) is 19.0 Å². The average molecular weight is 423 g/mol. The van der Waals surface area contributed by atoms with Gasteiger partial charge in [-0.05, 0) is 42.7 Å². The van der Waals surface area contributed by atoms with Crippen molar-refractivity contribution >= 4 is 22.6 Å². The first-order valence-electron chi connectivity index (χ1n) is 10.6. The smallest absolute Gasteiger partial charge is 0.251 e. The summed E-state index contributed by atoms with van der Waals surface area (Å²) < 4.78 is 0. The van der Waals surface area contributed by atoms with Gasteiger partial charge in [0.1, 0.15) is 17.7 Å². The van der Waals surface area contributed by atoms with Crippen LogP contribution in [0.15, 0.2) is 42.5 Å². The zero-order valence-electron chi connectivity index (χ0n) is 18.1. The molecule has 0 spiro atoms. The number of para-hydroxylation sites is 1. The molecule has 3 aromatic rings. The summed E-state index contributed by atoms with van der Waals surface area (Å²) in [6.07, 6.45) is -0.970. The minimum Gasteiger partial charge on any atom is -0.507 e. The molecule has 164 valence electrons. The summed E-state index contributed by atoms with van der Waals surface area (Å²) in [4.78, 5) is 25.9. The third-order valence-corrected chi connectivity index (χ3v) is 5.75. The van der Waals surface area contributed by atoms with E-state index in [1.54, 1.807) is 23.1 Å². The molecule has 1 unspecified atom stereocenters. The maximum atomic E-state index is 12.5. The van der Waals surface area contributed by atoms with E-state index >= 15 is 0 Å². The van der Waals surface area contributed by atoms with Crippen LogP contribution < -0.4 is 4.90 Å². The van der Waals surface area contributed by atoms with Crippen LogP contribution in [0.5, 0.6) is 5.75 Å². The van der Waals surface area contributed by atoms with Gasteiger partial charge < -0.3 is 20.0 Å². The topological polar surface area (TPSA) is 89.8 Å². The lowest BCUT2D eigenvalue weighted by Gasteiger charge is -2.37. The first-order chi connectivity index (χ1) is 14.8. The van der Waals surface area contributed by atoms with Gasteiger partial charge >= 0.3 is 0 Å². The van der Waals surface area contributed by atoms with Crippen LogP contribution in [0.2, 0.25) is 0 Å². The Morgan fingerprint density at radius 2 is 1.77 bits per heavy atom. The number of aromatic hydroxyl groups is 1. The van der Waals surface area contributed by atoms with Crippen molar-refractivity contribution in [1.29, 1.82) is 0 Å². The van der Waals surface area contributed by atoms with Gasteiger partial charge in [0.15, 0.2) is 5.82 Å². The molecule has 2 aromatic carbocycles. The molecule has 1 fully saturated rings. The Kier molecular flexibility index (Phi) is 5.78. The van der Waals surface area contributed by atoms with E-state index in [1.165, 1.54) is 0 Å². The molecular weight excluding hydrogens is 392 g/mol. The van der Waals surface area contributed by atoms with Crippen molar-refractivity contribution in [2.45, 2.75) is 26.9 Å². The molecule has 1 aliphatic rings. The zero-order valence-corrected chi connectivity index (χ0v) is 18.1. The number of aromatic nitrogens is 2. The Labute approximate surface area is 183 Å². The van der Waals surface area contributed by atoms with Crippen LogP contribution in [-0.2, 0) is 4.79 Å². The molecule has 1 saturated heterocycles. The quantitative estimate of drug-likeness (QED) is 0.671. The second-order valence-electron chi connectivity index (χ2n) is 8.41. The number of hydrogen-bond acceptors (Lipinski definition) is 6. The van der Waals surface area contributed by atoms with Crippen molar-refractivity contribution in [3.63, 3.8) is 0 Å². The summed E-state index contributed by atoms with van der Waals surface area (Å²) in [5.74, 6) is 1.08. The number of aryl methyl sites for hydroxylation is 1. The van der Waals surface area contributed by atoms with Crippen molar-refractivity contribution in [3.8, 4) is 17.1 Å². The van der Waals surface area contributed by atoms with Crippen LogP contribution in [0.1, 0.15) is 20.8 Å². The first-order valence-corrected chi connectivity index (χ1v) is 10.6. The highest BCUT2D eigenvalue weighted by molar-refractivity contribution is 5.92. The Bertz CT molecular complexity index is 1110. The van der Waals surface area contributed by atoms with Crippen LogP contribution in [0, 0.1) is 12.8 Å². The molecule has 4 rings (SSSR count). The summed E-state index contributed by atoms with van der Waals surface area (Å²) in [6.45, 7) is 7.96. The second kappa shape index (κ2) is 8.51. The van der Waals surface area contributed by atoms with E-state index in [0.717, 1.165) is 22.3 Å². The maximum absolute atomic E-state index is 12.5. The van der Waals surface area contributed by atoms with E-state index in [2.05, 4.69) is 4.90 Å². The number of hydrogen-bond donors (Lipinski definition) is 2. The lowest BCUT2D eigenvalue weighted by molar-refractivity contribution is -0.142. The Balaban J connectivity index is 0.00000289. The molecule has 0 radical (unpaired) electrons. The normalized spacial score (nSPS) is 15.5. The Morgan fingerprint density at radius 3 is 2.45 bits per heavy atom. The largest absolute Gasteiger partial charge is 0.507 e. The number of phenols is 1. The lowest BCUT2D eigenvalue weighted by atomic mass is 10.1. The molecule has 1 aromatic heterocycles. The summed E-state index contributed by atoms with van der Waals surface area (Å²) >= 11 is 0. The third-order valence-electron chi connectivity index (χ3n) is 5.75. The molecule has 2 heterocycles. The Morgan fingerprint density at radius 1 is 1.06 bits per heavy atom. The van der Waals surface area contributed by atoms with E-state index in [9.17, 15) is 15.0 Å². The minimum absolute atomic E-state index is 0. The highest BCUT2D eigenvalue weighted by Gasteiger charge is 2.29. The van der Waals surface area contributed by atoms with Crippen molar-refractivity contribution in [2.75, 3.05) is 31.1 Å². The van der Waals surface area contributed by atoms with Crippen LogP contribution in [-0.4, -0.2) is 63.3 Å². The predicted molar refractivity (Wildman–Crippen MR) is 123 cm³/mol. The summed E-state index contributed by atoms with van der Waals surface area (Å²) in [5.41, 5.74) is 2.50. The van der Waals surface area contributed by atoms with E-state index < -0.39 is 6.10 Å². The first kappa shape index (κ1) is 21.1. The number of aliphatic hydroxyl groups is 1. The number of phenolic OH excluding ortho intramolecular Hbond substituents is 1. The average Bonchev–Trinajstić information content (AvgIpc) is 2.77. The molecule has 7 heteroatoms. The molecule has 1 atom stereocenters. The van der Waals surface area contributed by atoms with Gasteiger partial charge in [0.05, 0.1) is 11.1 Å². The zero-order chi connectivity index (χ0) is 22.1. The standard InChI is InChI=1S/C24H28N4O3.H2/c1-15(2)21(30)24(31)28-12-10-27(11-13-28)23-17-9-8-16(3)14-19(17)25-22(26-23)18-6-4-5-7-20(18)29;/h4-9,14-15,21,29-30H,10-13H2,1-3H3;1H. The third kappa shape index (κ3) is 4.18. The Hall–Kier alpha value is -3.19. The fourth-order valence-electron chi connectivity index (χ4n) is 3.86. The second-order valence-corrected chi connectivity index (χ2v) is 8.41. The molecule has 7 nitrogen and oxygen atoms in total. The molecule has 31 heavy (non-hydrogen) atoms. The monoisotopic (exact) mass is 422 g/mol. The van der Waals surface area contributed by atoms with Crippen molar-refractivity contribution in [3.05, 3.63) is 48.0 Å². The molecule has 0 bridgehead atoms. The molecular formula is C24H30N4O3. The van der Waals surface area contributed by atoms with Gasteiger partial charge in [0.2, 0.25) is 0 Å². The number of fused-ring (bicyclic) bond motifs is 1. The van der Waals surface area contributed by atoms with Crippen LogP contribution in [0.3, 0.4) is 0 Å². The van der Waals surface area contributed by atoms with Crippen molar-refractivity contribution in [2.24, 2.45) is 5.92 Å². The lowest BCUT2D eigenvalue weighted by Crippen LogP contribution is -2.52. The number of carbonyl (C=O) groups is 1. The number of benzene rings is 2. The molecule has 0 aliphatic carbocycles. The fourth-order valence-corrected chi connectivity index (χ4v) is 3.86. The maximum Gasteiger partial charge on any atom is 0.251 e.